The summed E-state index contributed by atoms with van der Waals surface area (Å²) in [5, 5.41) is 6.10. The number of unbranched alkanes of at least 4 members (excludes halogenated alkanes) is 1. The lowest BCUT2D eigenvalue weighted by Gasteiger charge is -2.17. The minimum absolute atomic E-state index is 0.0163. The average molecular weight is 432 g/mol. The number of para-hydroxylation sites is 1. The fraction of sp³-hybridized carbons (Fsp3) is 0.240. The summed E-state index contributed by atoms with van der Waals surface area (Å²) in [4.78, 5) is 31.0. The van der Waals surface area contributed by atoms with Crippen LogP contribution in [0.4, 0.5) is 5.69 Å². The number of aromatic nitrogens is 1. The van der Waals surface area contributed by atoms with E-state index >= 15 is 0 Å². The van der Waals surface area contributed by atoms with Crippen LogP contribution in [0.3, 0.4) is 0 Å². The highest BCUT2D eigenvalue weighted by Gasteiger charge is 2.14. The fourth-order valence-corrected chi connectivity index (χ4v) is 4.61. The number of fused-ring (bicyclic) bond motifs is 2. The topological polar surface area (TPSA) is 62.3 Å². The molecule has 1 heterocycles. The first-order chi connectivity index (χ1) is 15.1. The Bertz CT molecular complexity index is 1180. The molecule has 0 saturated heterocycles. The quantitative estimate of drug-likeness (QED) is 0.387. The molecular formula is C25H25N3O2S. The van der Waals surface area contributed by atoms with E-state index in [1.54, 1.807) is 18.4 Å². The Kier molecular flexibility index (Phi) is 6.57. The SMILES string of the molecule is CN(CC(=O)Nc1cccc2ccccc12)C(=O)CCCCc1nc2ccccc2s1. The van der Waals surface area contributed by atoms with Crippen LogP contribution in [-0.4, -0.2) is 35.3 Å². The maximum atomic E-state index is 12.5. The monoisotopic (exact) mass is 431 g/mol. The Hall–Kier alpha value is -3.25. The van der Waals surface area contributed by atoms with Crippen LogP contribution >= 0.6 is 11.3 Å². The second kappa shape index (κ2) is 9.71. The van der Waals surface area contributed by atoms with Crippen LogP contribution in [0, 0.1) is 0 Å². The molecule has 31 heavy (non-hydrogen) atoms. The molecule has 2 amide bonds. The zero-order chi connectivity index (χ0) is 21.6. The molecule has 0 saturated carbocycles. The summed E-state index contributed by atoms with van der Waals surface area (Å²) in [5.74, 6) is -0.209. The molecule has 1 aromatic heterocycles. The number of carbonyl (C=O) groups excluding carboxylic acids is 2. The molecule has 5 nitrogen and oxygen atoms in total. The summed E-state index contributed by atoms with van der Waals surface area (Å²) < 4.78 is 1.20. The van der Waals surface area contributed by atoms with Crippen molar-refractivity contribution in [2.24, 2.45) is 0 Å². The number of carbonyl (C=O) groups is 2. The minimum Gasteiger partial charge on any atom is -0.336 e. The molecule has 1 N–H and O–H groups in total. The Labute approximate surface area is 185 Å². The lowest BCUT2D eigenvalue weighted by Crippen LogP contribution is -2.34. The van der Waals surface area contributed by atoms with Gasteiger partial charge in [-0.1, -0.05) is 48.5 Å². The molecule has 0 bridgehead atoms. The van der Waals surface area contributed by atoms with Gasteiger partial charge in [0.2, 0.25) is 11.8 Å². The summed E-state index contributed by atoms with van der Waals surface area (Å²) in [5.41, 5.74) is 1.80. The lowest BCUT2D eigenvalue weighted by molar-refractivity contribution is -0.133. The van der Waals surface area contributed by atoms with Crippen LogP contribution in [0.5, 0.6) is 0 Å². The minimum atomic E-state index is -0.193. The summed E-state index contributed by atoms with van der Waals surface area (Å²) in [7, 11) is 1.68. The number of nitrogens with zero attached hydrogens (tertiary/aromatic N) is 2. The van der Waals surface area contributed by atoms with Crippen LogP contribution in [0.15, 0.2) is 66.7 Å². The summed E-state index contributed by atoms with van der Waals surface area (Å²) >= 11 is 1.71. The lowest BCUT2D eigenvalue weighted by atomic mass is 10.1. The molecule has 0 fully saturated rings. The van der Waals surface area contributed by atoms with Crippen molar-refractivity contribution in [2.75, 3.05) is 18.9 Å². The Morgan fingerprint density at radius 1 is 0.968 bits per heavy atom. The summed E-state index contributed by atoms with van der Waals surface area (Å²) in [6.45, 7) is 0.0416. The largest absolute Gasteiger partial charge is 0.336 e. The number of hydrogen-bond acceptors (Lipinski definition) is 4. The second-order valence-corrected chi connectivity index (χ2v) is 8.72. The maximum absolute atomic E-state index is 12.5. The van der Waals surface area contributed by atoms with Gasteiger partial charge in [0.1, 0.15) is 0 Å². The molecule has 0 radical (unpaired) electrons. The summed E-state index contributed by atoms with van der Waals surface area (Å²) in [6, 6.07) is 21.8. The van der Waals surface area contributed by atoms with Gasteiger partial charge in [-0.15, -0.1) is 11.3 Å². The van der Waals surface area contributed by atoms with Crippen LogP contribution in [-0.2, 0) is 16.0 Å². The van der Waals surface area contributed by atoms with Gasteiger partial charge in [0.15, 0.2) is 0 Å². The highest BCUT2D eigenvalue weighted by Crippen LogP contribution is 2.24. The van der Waals surface area contributed by atoms with Crippen LogP contribution in [0.25, 0.3) is 21.0 Å². The molecular weight excluding hydrogens is 406 g/mol. The molecule has 6 heteroatoms. The van der Waals surface area contributed by atoms with E-state index in [0.29, 0.717) is 6.42 Å². The number of benzene rings is 3. The molecule has 158 valence electrons. The van der Waals surface area contributed by atoms with Gasteiger partial charge in [0, 0.05) is 24.5 Å². The van der Waals surface area contributed by atoms with Crippen molar-refractivity contribution in [1.82, 2.24) is 9.88 Å². The number of aryl methyl sites for hydroxylation is 1. The van der Waals surface area contributed by atoms with Crippen LogP contribution in [0.2, 0.25) is 0 Å². The Balaban J connectivity index is 1.23. The molecule has 0 atom stereocenters. The van der Waals surface area contributed by atoms with Crippen LogP contribution in [0.1, 0.15) is 24.3 Å². The number of nitrogens with one attached hydrogen (secondary N) is 1. The number of anilines is 1. The Morgan fingerprint density at radius 3 is 2.61 bits per heavy atom. The smallest absolute Gasteiger partial charge is 0.243 e. The van der Waals surface area contributed by atoms with E-state index < -0.39 is 0 Å². The van der Waals surface area contributed by atoms with E-state index in [1.165, 1.54) is 9.60 Å². The van der Waals surface area contributed by atoms with Gasteiger partial charge in [-0.3, -0.25) is 9.59 Å². The third-order valence-corrected chi connectivity index (χ3v) is 6.34. The van der Waals surface area contributed by atoms with E-state index in [9.17, 15) is 9.59 Å². The normalized spacial score (nSPS) is 11.0. The second-order valence-electron chi connectivity index (χ2n) is 7.61. The predicted molar refractivity (Wildman–Crippen MR) is 127 cm³/mol. The van der Waals surface area contributed by atoms with Crippen molar-refractivity contribution < 1.29 is 9.59 Å². The van der Waals surface area contributed by atoms with E-state index in [0.717, 1.165) is 46.2 Å². The summed E-state index contributed by atoms with van der Waals surface area (Å²) in [6.07, 6.45) is 2.99. The van der Waals surface area contributed by atoms with Gasteiger partial charge in [0.25, 0.3) is 0 Å². The van der Waals surface area contributed by atoms with Gasteiger partial charge in [-0.25, -0.2) is 4.98 Å². The zero-order valence-corrected chi connectivity index (χ0v) is 18.3. The van der Waals surface area contributed by atoms with Crippen molar-refractivity contribution in [2.45, 2.75) is 25.7 Å². The van der Waals surface area contributed by atoms with Crippen molar-refractivity contribution in [3.05, 3.63) is 71.7 Å². The van der Waals surface area contributed by atoms with Gasteiger partial charge in [0.05, 0.1) is 21.8 Å². The third kappa shape index (κ3) is 5.27. The number of amides is 2. The first-order valence-electron chi connectivity index (χ1n) is 10.5. The van der Waals surface area contributed by atoms with Crippen molar-refractivity contribution in [3.63, 3.8) is 0 Å². The van der Waals surface area contributed by atoms with Gasteiger partial charge in [-0.2, -0.15) is 0 Å². The maximum Gasteiger partial charge on any atom is 0.243 e. The molecule has 0 unspecified atom stereocenters. The number of thiazole rings is 1. The van der Waals surface area contributed by atoms with Crippen LogP contribution < -0.4 is 5.32 Å². The number of hydrogen-bond donors (Lipinski definition) is 1. The van der Waals surface area contributed by atoms with Gasteiger partial charge >= 0.3 is 0 Å². The standard InChI is InChI=1S/C25H25N3O2S/c1-28(17-23(29)26-20-13-8-10-18-9-2-3-11-19(18)20)25(30)16-7-6-15-24-27-21-12-4-5-14-22(21)31-24/h2-5,8-14H,6-7,15-17H2,1H3,(H,26,29). The fourth-order valence-electron chi connectivity index (χ4n) is 3.60. The average Bonchev–Trinajstić information content (AvgIpc) is 3.19. The number of rotatable bonds is 8. The zero-order valence-electron chi connectivity index (χ0n) is 17.5. The molecule has 0 aliphatic heterocycles. The molecule has 4 aromatic rings. The van der Waals surface area contributed by atoms with E-state index in [2.05, 4.69) is 16.4 Å². The van der Waals surface area contributed by atoms with Crippen molar-refractivity contribution >= 4 is 49.8 Å². The molecule has 0 spiro atoms. The van der Waals surface area contributed by atoms with Crippen molar-refractivity contribution in [1.29, 1.82) is 0 Å². The first-order valence-corrected chi connectivity index (χ1v) is 11.3. The first kappa shape index (κ1) is 21.0. The molecule has 0 aliphatic rings. The Morgan fingerprint density at radius 2 is 1.74 bits per heavy atom. The van der Waals surface area contributed by atoms with Gasteiger partial charge in [-0.05, 0) is 42.8 Å². The highest BCUT2D eigenvalue weighted by atomic mass is 32.1. The molecule has 4 rings (SSSR count). The van der Waals surface area contributed by atoms with Crippen molar-refractivity contribution in [3.8, 4) is 0 Å². The van der Waals surface area contributed by atoms with E-state index in [4.69, 9.17) is 0 Å². The molecule has 3 aromatic carbocycles. The number of likely N-dealkylation sites (N-methyl/N-ethyl adjacent to an activating group) is 1. The highest BCUT2D eigenvalue weighted by molar-refractivity contribution is 7.18. The van der Waals surface area contributed by atoms with E-state index in [1.807, 2.05) is 60.7 Å². The van der Waals surface area contributed by atoms with E-state index in [-0.39, 0.29) is 18.4 Å². The predicted octanol–water partition coefficient (Wildman–Crippen LogP) is 5.26. The third-order valence-electron chi connectivity index (χ3n) is 5.24. The molecule has 0 aliphatic carbocycles. The van der Waals surface area contributed by atoms with Gasteiger partial charge < -0.3 is 10.2 Å².